The number of thioether (sulfide) groups is 1. The second-order valence-electron chi connectivity index (χ2n) is 3.92. The van der Waals surface area contributed by atoms with E-state index in [4.69, 9.17) is 4.74 Å². The second kappa shape index (κ2) is 7.37. The van der Waals surface area contributed by atoms with Crippen molar-refractivity contribution in [1.29, 1.82) is 0 Å². The van der Waals surface area contributed by atoms with Crippen LogP contribution in [0.3, 0.4) is 0 Å². The quantitative estimate of drug-likeness (QED) is 0.599. The standard InChI is InChI=1S/C12H21N3OS/c1-5-9(3)7-17-12-10(16-4)11(13-6-2)14-8-15-12/h8-9H,5-7H2,1-4H3,(H,13,14,15). The molecule has 0 spiro atoms. The van der Waals surface area contributed by atoms with Gasteiger partial charge < -0.3 is 10.1 Å². The highest BCUT2D eigenvalue weighted by molar-refractivity contribution is 7.99. The minimum absolute atomic E-state index is 0.683. The van der Waals surface area contributed by atoms with E-state index in [-0.39, 0.29) is 0 Å². The van der Waals surface area contributed by atoms with Gasteiger partial charge in [-0.15, -0.1) is 11.8 Å². The molecule has 1 rings (SSSR count). The van der Waals surface area contributed by atoms with Crippen molar-refractivity contribution in [3.63, 3.8) is 0 Å². The first-order valence-corrected chi connectivity index (χ1v) is 6.97. The van der Waals surface area contributed by atoms with Crippen molar-refractivity contribution in [2.24, 2.45) is 5.92 Å². The van der Waals surface area contributed by atoms with Gasteiger partial charge in [-0.3, -0.25) is 0 Å². The first-order valence-electron chi connectivity index (χ1n) is 5.98. The van der Waals surface area contributed by atoms with Gasteiger partial charge in [0.2, 0.25) is 0 Å². The summed E-state index contributed by atoms with van der Waals surface area (Å²) in [7, 11) is 1.66. The van der Waals surface area contributed by atoms with Crippen molar-refractivity contribution in [1.82, 2.24) is 9.97 Å². The number of ether oxygens (including phenoxy) is 1. The second-order valence-corrected chi connectivity index (χ2v) is 4.92. The summed E-state index contributed by atoms with van der Waals surface area (Å²) >= 11 is 1.73. The summed E-state index contributed by atoms with van der Waals surface area (Å²) in [5.41, 5.74) is 0. The molecule has 0 radical (unpaired) electrons. The van der Waals surface area contributed by atoms with E-state index in [9.17, 15) is 0 Å². The summed E-state index contributed by atoms with van der Waals surface area (Å²) in [4.78, 5) is 8.47. The number of nitrogens with one attached hydrogen (secondary N) is 1. The Labute approximate surface area is 108 Å². The topological polar surface area (TPSA) is 47.0 Å². The Kier molecular flexibility index (Phi) is 6.11. The van der Waals surface area contributed by atoms with Crippen LogP contribution >= 0.6 is 11.8 Å². The van der Waals surface area contributed by atoms with Gasteiger partial charge in [-0.1, -0.05) is 20.3 Å². The monoisotopic (exact) mass is 255 g/mol. The summed E-state index contributed by atoms with van der Waals surface area (Å²) in [6, 6.07) is 0. The fourth-order valence-corrected chi connectivity index (χ4v) is 2.39. The van der Waals surface area contributed by atoms with Crippen LogP contribution in [0.5, 0.6) is 5.75 Å². The first-order chi connectivity index (χ1) is 8.22. The maximum atomic E-state index is 5.39. The van der Waals surface area contributed by atoms with Gasteiger partial charge >= 0.3 is 0 Å². The van der Waals surface area contributed by atoms with Gasteiger partial charge in [-0.05, 0) is 12.8 Å². The molecule has 1 heterocycles. The van der Waals surface area contributed by atoms with Gasteiger partial charge in [-0.2, -0.15) is 0 Å². The zero-order valence-corrected chi connectivity index (χ0v) is 11.8. The number of anilines is 1. The van der Waals surface area contributed by atoms with Crippen molar-refractivity contribution >= 4 is 17.6 Å². The number of nitrogens with zero attached hydrogens (tertiary/aromatic N) is 2. The van der Waals surface area contributed by atoms with Gasteiger partial charge in [0, 0.05) is 12.3 Å². The molecule has 96 valence electrons. The van der Waals surface area contributed by atoms with Crippen molar-refractivity contribution in [2.45, 2.75) is 32.2 Å². The molecule has 0 saturated carbocycles. The summed E-state index contributed by atoms with van der Waals surface area (Å²) in [6.07, 6.45) is 2.76. The SMILES string of the molecule is CCNc1ncnc(SCC(C)CC)c1OC. The Morgan fingerprint density at radius 2 is 2.18 bits per heavy atom. The molecule has 1 atom stereocenters. The number of methoxy groups -OCH3 is 1. The van der Waals surface area contributed by atoms with E-state index in [0.717, 1.165) is 28.9 Å². The third-order valence-electron chi connectivity index (χ3n) is 2.52. The molecule has 0 fully saturated rings. The van der Waals surface area contributed by atoms with Gasteiger partial charge in [0.1, 0.15) is 11.4 Å². The first kappa shape index (κ1) is 14.1. The average Bonchev–Trinajstić information content (AvgIpc) is 2.36. The van der Waals surface area contributed by atoms with Crippen LogP contribution in [0.2, 0.25) is 0 Å². The van der Waals surface area contributed by atoms with E-state index in [1.54, 1.807) is 25.2 Å². The fraction of sp³-hybridized carbons (Fsp3) is 0.667. The lowest BCUT2D eigenvalue weighted by molar-refractivity contribution is 0.400. The van der Waals surface area contributed by atoms with E-state index in [0.29, 0.717) is 5.92 Å². The number of hydrogen-bond acceptors (Lipinski definition) is 5. The van der Waals surface area contributed by atoms with Crippen LogP contribution in [-0.2, 0) is 0 Å². The zero-order chi connectivity index (χ0) is 12.7. The molecular formula is C12H21N3OS. The smallest absolute Gasteiger partial charge is 0.193 e. The van der Waals surface area contributed by atoms with Gasteiger partial charge in [0.05, 0.1) is 7.11 Å². The molecule has 0 aliphatic carbocycles. The van der Waals surface area contributed by atoms with Crippen molar-refractivity contribution in [3.05, 3.63) is 6.33 Å². The molecule has 0 saturated heterocycles. The molecule has 0 bridgehead atoms. The van der Waals surface area contributed by atoms with Crippen LogP contribution in [0, 0.1) is 5.92 Å². The molecule has 0 amide bonds. The predicted molar refractivity (Wildman–Crippen MR) is 72.9 cm³/mol. The molecule has 1 aromatic heterocycles. The Hall–Kier alpha value is -0.970. The van der Waals surface area contributed by atoms with Crippen molar-refractivity contribution in [3.8, 4) is 5.75 Å². The summed E-state index contributed by atoms with van der Waals surface area (Å²) in [5.74, 6) is 3.26. The predicted octanol–water partition coefficient (Wildman–Crippen LogP) is 3.06. The van der Waals surface area contributed by atoms with E-state index < -0.39 is 0 Å². The summed E-state index contributed by atoms with van der Waals surface area (Å²) in [5, 5.41) is 4.10. The third kappa shape index (κ3) is 4.07. The molecule has 0 aliphatic rings. The van der Waals surface area contributed by atoms with Gasteiger partial charge in [-0.25, -0.2) is 9.97 Å². The maximum Gasteiger partial charge on any atom is 0.193 e. The van der Waals surface area contributed by atoms with Crippen LogP contribution in [0.25, 0.3) is 0 Å². The largest absolute Gasteiger partial charge is 0.490 e. The van der Waals surface area contributed by atoms with E-state index in [1.165, 1.54) is 6.42 Å². The van der Waals surface area contributed by atoms with Crippen LogP contribution in [0.4, 0.5) is 5.82 Å². The highest BCUT2D eigenvalue weighted by Crippen LogP contribution is 2.33. The van der Waals surface area contributed by atoms with E-state index >= 15 is 0 Å². The Bertz CT molecular complexity index is 347. The molecule has 5 heteroatoms. The normalized spacial score (nSPS) is 12.2. The Morgan fingerprint density at radius 1 is 1.41 bits per heavy atom. The fourth-order valence-electron chi connectivity index (χ4n) is 1.28. The van der Waals surface area contributed by atoms with E-state index in [2.05, 4.69) is 29.1 Å². The molecule has 17 heavy (non-hydrogen) atoms. The van der Waals surface area contributed by atoms with Crippen molar-refractivity contribution in [2.75, 3.05) is 24.7 Å². The van der Waals surface area contributed by atoms with Gasteiger partial charge in [0.15, 0.2) is 11.6 Å². The minimum atomic E-state index is 0.683. The summed E-state index contributed by atoms with van der Waals surface area (Å²) < 4.78 is 5.39. The minimum Gasteiger partial charge on any atom is -0.490 e. The molecule has 4 nitrogen and oxygen atoms in total. The van der Waals surface area contributed by atoms with Gasteiger partial charge in [0.25, 0.3) is 0 Å². The molecule has 1 N–H and O–H groups in total. The average molecular weight is 255 g/mol. The molecule has 1 aromatic rings. The number of rotatable bonds is 7. The lowest BCUT2D eigenvalue weighted by atomic mass is 10.2. The van der Waals surface area contributed by atoms with Crippen molar-refractivity contribution < 1.29 is 4.74 Å². The maximum absolute atomic E-state index is 5.39. The molecule has 0 aromatic carbocycles. The Morgan fingerprint density at radius 3 is 2.76 bits per heavy atom. The summed E-state index contributed by atoms with van der Waals surface area (Å²) in [6.45, 7) is 7.30. The van der Waals surface area contributed by atoms with Crippen LogP contribution < -0.4 is 10.1 Å². The molecule has 1 unspecified atom stereocenters. The van der Waals surface area contributed by atoms with Crippen LogP contribution in [-0.4, -0.2) is 29.4 Å². The highest BCUT2D eigenvalue weighted by atomic mass is 32.2. The lowest BCUT2D eigenvalue weighted by Crippen LogP contribution is -2.04. The molecular weight excluding hydrogens is 234 g/mol. The zero-order valence-electron chi connectivity index (χ0n) is 11.0. The number of hydrogen-bond donors (Lipinski definition) is 1. The highest BCUT2D eigenvalue weighted by Gasteiger charge is 2.12. The Balaban J connectivity index is 2.79. The number of aromatic nitrogens is 2. The molecule has 0 aliphatic heterocycles. The van der Waals surface area contributed by atoms with Crippen LogP contribution in [0.15, 0.2) is 11.4 Å². The van der Waals surface area contributed by atoms with Crippen LogP contribution in [0.1, 0.15) is 27.2 Å². The van der Waals surface area contributed by atoms with E-state index in [1.807, 2.05) is 6.92 Å². The lowest BCUT2D eigenvalue weighted by Gasteiger charge is -2.13. The third-order valence-corrected chi connectivity index (χ3v) is 3.82.